The molecule has 17 heavy (non-hydrogen) atoms. The first kappa shape index (κ1) is 14.4. The Morgan fingerprint density at radius 2 is 1.35 bits per heavy atom. The minimum Gasteiger partial charge on any atom is -0.282 e. The fourth-order valence-corrected chi connectivity index (χ4v) is 2.85. The standard InChI is InChI=1S/C14H22FOP/c1-13(2,3)11-7-9-12(10-8-11)17(15,16)14(4,5)6/h7-10H,1-6H3. The highest BCUT2D eigenvalue weighted by molar-refractivity contribution is 7.68. The van der Waals surface area contributed by atoms with E-state index in [1.807, 2.05) is 12.1 Å². The van der Waals surface area contributed by atoms with Gasteiger partial charge in [-0.15, -0.1) is 0 Å². The number of benzene rings is 1. The highest BCUT2D eigenvalue weighted by Crippen LogP contribution is 2.58. The molecule has 3 heteroatoms. The summed E-state index contributed by atoms with van der Waals surface area (Å²) in [6.45, 7) is 11.3. The zero-order valence-electron chi connectivity index (χ0n) is 11.5. The summed E-state index contributed by atoms with van der Waals surface area (Å²) < 4.78 is 26.4. The highest BCUT2D eigenvalue weighted by atomic mass is 31.2. The van der Waals surface area contributed by atoms with Crippen LogP contribution >= 0.6 is 7.45 Å². The predicted octanol–water partition coefficient (Wildman–Crippen LogP) is 4.66. The third-order valence-corrected chi connectivity index (χ3v) is 5.62. The average Bonchev–Trinajstić information content (AvgIpc) is 2.15. The van der Waals surface area contributed by atoms with Crippen molar-refractivity contribution < 1.29 is 8.76 Å². The van der Waals surface area contributed by atoms with Crippen molar-refractivity contribution in [2.75, 3.05) is 0 Å². The lowest BCUT2D eigenvalue weighted by Crippen LogP contribution is -2.21. The molecule has 0 amide bonds. The molecule has 0 heterocycles. The van der Waals surface area contributed by atoms with Crippen LogP contribution in [-0.4, -0.2) is 5.16 Å². The largest absolute Gasteiger partial charge is 0.282 e. The Morgan fingerprint density at radius 3 is 1.65 bits per heavy atom. The SMILES string of the molecule is CC(C)(C)c1ccc(P(=O)(F)C(C)(C)C)cc1. The fourth-order valence-electron chi connectivity index (χ4n) is 1.54. The van der Waals surface area contributed by atoms with Crippen LogP contribution < -0.4 is 5.30 Å². The Morgan fingerprint density at radius 1 is 0.941 bits per heavy atom. The molecule has 0 fully saturated rings. The fraction of sp³-hybridized carbons (Fsp3) is 0.571. The lowest BCUT2D eigenvalue weighted by molar-refractivity contribution is 0.518. The zero-order chi connectivity index (χ0) is 13.5. The molecule has 0 N–H and O–H groups in total. The lowest BCUT2D eigenvalue weighted by Gasteiger charge is -2.25. The van der Waals surface area contributed by atoms with Gasteiger partial charge in [0.2, 0.25) is 0 Å². The van der Waals surface area contributed by atoms with E-state index >= 15 is 0 Å². The molecule has 1 atom stereocenters. The van der Waals surface area contributed by atoms with Gasteiger partial charge in [0, 0.05) is 10.5 Å². The van der Waals surface area contributed by atoms with E-state index in [1.54, 1.807) is 32.9 Å². The maximum atomic E-state index is 14.3. The summed E-state index contributed by atoms with van der Waals surface area (Å²) in [5.74, 6) is 0. The Labute approximate surface area is 104 Å². The van der Waals surface area contributed by atoms with Gasteiger partial charge in [0.05, 0.1) is 0 Å². The maximum absolute atomic E-state index is 14.3. The predicted molar refractivity (Wildman–Crippen MR) is 73.2 cm³/mol. The summed E-state index contributed by atoms with van der Waals surface area (Å²) >= 11 is 0. The second-order valence-electron chi connectivity index (χ2n) is 6.50. The van der Waals surface area contributed by atoms with Gasteiger partial charge >= 0.3 is 0 Å². The minimum absolute atomic E-state index is 0.0283. The second-order valence-corrected chi connectivity index (χ2v) is 9.42. The van der Waals surface area contributed by atoms with Crippen molar-refractivity contribution in [1.82, 2.24) is 0 Å². The van der Waals surface area contributed by atoms with Gasteiger partial charge in [-0.1, -0.05) is 53.7 Å². The molecule has 1 aromatic rings. The van der Waals surface area contributed by atoms with Gasteiger partial charge < -0.3 is 0 Å². The summed E-state index contributed by atoms with van der Waals surface area (Å²) in [7, 11) is -3.80. The summed E-state index contributed by atoms with van der Waals surface area (Å²) in [6, 6.07) is 7.06. The van der Waals surface area contributed by atoms with Crippen LogP contribution in [0.1, 0.15) is 47.1 Å². The number of hydrogen-bond donors (Lipinski definition) is 0. The van der Waals surface area contributed by atoms with Crippen molar-refractivity contribution in [2.45, 2.75) is 52.1 Å². The minimum atomic E-state index is -3.80. The zero-order valence-corrected chi connectivity index (χ0v) is 12.4. The molecule has 1 unspecified atom stereocenters. The Hall–Kier alpha value is -0.620. The Kier molecular flexibility index (Phi) is 3.60. The van der Waals surface area contributed by atoms with Gasteiger partial charge in [-0.05, 0) is 23.1 Å². The molecule has 1 aromatic carbocycles. The normalized spacial score (nSPS) is 16.6. The van der Waals surface area contributed by atoms with E-state index < -0.39 is 12.6 Å². The number of hydrogen-bond acceptors (Lipinski definition) is 1. The van der Waals surface area contributed by atoms with Crippen LogP contribution in [0.3, 0.4) is 0 Å². The maximum Gasteiger partial charge on any atom is 0.277 e. The van der Waals surface area contributed by atoms with E-state index in [9.17, 15) is 8.76 Å². The number of halogens is 1. The summed E-state index contributed by atoms with van der Waals surface area (Å²) in [6.07, 6.45) is 0. The molecule has 0 radical (unpaired) electrons. The average molecular weight is 256 g/mol. The van der Waals surface area contributed by atoms with E-state index in [2.05, 4.69) is 20.8 Å². The molecular weight excluding hydrogens is 234 g/mol. The molecule has 0 spiro atoms. The Bertz CT molecular complexity index is 435. The highest BCUT2D eigenvalue weighted by Gasteiger charge is 2.38. The first-order valence-electron chi connectivity index (χ1n) is 5.87. The van der Waals surface area contributed by atoms with E-state index in [1.165, 1.54) is 0 Å². The molecule has 0 saturated carbocycles. The molecule has 1 rings (SSSR count). The summed E-state index contributed by atoms with van der Waals surface area (Å²) in [5, 5.41) is -0.519. The van der Waals surface area contributed by atoms with Gasteiger partial charge in [-0.2, -0.15) is 4.20 Å². The van der Waals surface area contributed by atoms with Crippen LogP contribution in [0.15, 0.2) is 24.3 Å². The second kappa shape index (κ2) is 4.24. The van der Waals surface area contributed by atoms with Crippen LogP contribution in [0.25, 0.3) is 0 Å². The van der Waals surface area contributed by atoms with Gasteiger partial charge in [-0.25, -0.2) is 0 Å². The smallest absolute Gasteiger partial charge is 0.277 e. The molecule has 96 valence electrons. The molecule has 0 aliphatic carbocycles. The third kappa shape index (κ3) is 2.98. The Balaban J connectivity index is 3.17. The first-order chi connectivity index (χ1) is 7.46. The van der Waals surface area contributed by atoms with Gasteiger partial charge in [0.15, 0.2) is 0 Å². The summed E-state index contributed by atoms with van der Waals surface area (Å²) in [5.41, 5.74) is 1.15. The van der Waals surface area contributed by atoms with Gasteiger partial charge in [-0.3, -0.25) is 4.57 Å². The van der Waals surface area contributed by atoms with Crippen molar-refractivity contribution in [2.24, 2.45) is 0 Å². The van der Waals surface area contributed by atoms with Crippen LogP contribution in [0.4, 0.5) is 4.20 Å². The molecule has 0 aromatic heterocycles. The van der Waals surface area contributed by atoms with Crippen molar-refractivity contribution in [3.63, 3.8) is 0 Å². The van der Waals surface area contributed by atoms with Crippen molar-refractivity contribution in [1.29, 1.82) is 0 Å². The van der Waals surface area contributed by atoms with E-state index in [0.717, 1.165) is 5.56 Å². The van der Waals surface area contributed by atoms with Crippen LogP contribution in [0.5, 0.6) is 0 Å². The molecular formula is C14H22FOP. The van der Waals surface area contributed by atoms with Gasteiger partial charge in [0.25, 0.3) is 7.45 Å². The lowest BCUT2D eigenvalue weighted by atomic mass is 9.87. The van der Waals surface area contributed by atoms with Gasteiger partial charge in [0.1, 0.15) is 0 Å². The summed E-state index contributed by atoms with van der Waals surface area (Å²) in [4.78, 5) is 0. The van der Waals surface area contributed by atoms with Crippen LogP contribution in [0.2, 0.25) is 0 Å². The monoisotopic (exact) mass is 256 g/mol. The molecule has 0 bridgehead atoms. The van der Waals surface area contributed by atoms with Crippen LogP contribution in [0, 0.1) is 0 Å². The molecule has 0 aliphatic rings. The van der Waals surface area contributed by atoms with Crippen molar-refractivity contribution >= 4 is 12.8 Å². The quantitative estimate of drug-likeness (QED) is 0.668. The molecule has 0 saturated heterocycles. The van der Waals surface area contributed by atoms with Crippen LogP contribution in [-0.2, 0) is 9.98 Å². The third-order valence-electron chi connectivity index (χ3n) is 2.93. The van der Waals surface area contributed by atoms with Crippen molar-refractivity contribution in [3.8, 4) is 0 Å². The van der Waals surface area contributed by atoms with E-state index in [4.69, 9.17) is 0 Å². The van der Waals surface area contributed by atoms with E-state index in [-0.39, 0.29) is 5.41 Å². The van der Waals surface area contributed by atoms with E-state index in [0.29, 0.717) is 5.30 Å². The molecule has 0 aliphatic heterocycles. The van der Waals surface area contributed by atoms with Crippen molar-refractivity contribution in [3.05, 3.63) is 29.8 Å². The topological polar surface area (TPSA) is 17.1 Å². The first-order valence-corrected chi connectivity index (χ1v) is 7.47. The number of rotatable bonds is 1. The molecule has 1 nitrogen and oxygen atoms in total.